The van der Waals surface area contributed by atoms with Crippen molar-refractivity contribution in [2.24, 2.45) is 0 Å². The molecule has 0 saturated heterocycles. The van der Waals surface area contributed by atoms with Crippen molar-refractivity contribution in [3.8, 4) is 0 Å². The van der Waals surface area contributed by atoms with Gasteiger partial charge in [0.05, 0.1) is 0 Å². The van der Waals surface area contributed by atoms with E-state index in [1.807, 2.05) is 27.7 Å². The zero-order valence-corrected chi connectivity index (χ0v) is 15.1. The molecule has 2 nitrogen and oxygen atoms in total. The van der Waals surface area contributed by atoms with E-state index in [2.05, 4.69) is 51.6 Å². The second kappa shape index (κ2) is 30.2. The lowest BCUT2D eigenvalue weighted by molar-refractivity contribution is 0.251. The van der Waals surface area contributed by atoms with E-state index >= 15 is 0 Å². The molecule has 0 unspecified atom stereocenters. The van der Waals surface area contributed by atoms with Gasteiger partial charge in [0.25, 0.3) is 0 Å². The fourth-order valence-electron chi connectivity index (χ4n) is 1.09. The highest BCUT2D eigenvalue weighted by Crippen LogP contribution is 1.90. The first-order chi connectivity index (χ1) is 8.62. The van der Waals surface area contributed by atoms with Gasteiger partial charge in [0.1, 0.15) is 0 Å². The molecule has 0 aromatic carbocycles. The fourth-order valence-corrected chi connectivity index (χ4v) is 1.09. The number of hydrogen-bond acceptors (Lipinski definition) is 2. The van der Waals surface area contributed by atoms with Gasteiger partial charge in [-0.1, -0.05) is 61.8 Å². The second-order valence-electron chi connectivity index (χ2n) is 3.94. The van der Waals surface area contributed by atoms with Crippen molar-refractivity contribution >= 4 is 0 Å². The standard InChI is InChI=1S/C9H22N2.C3H8.2C2H6/c1-5-7-11(6-2)9-8-10(3)4;1-3-2;2*1-2/h5-9H2,1-4H3;3H2,1-2H3;2*1-2H3. The highest BCUT2D eigenvalue weighted by Gasteiger charge is 1.99. The van der Waals surface area contributed by atoms with Crippen LogP contribution >= 0.6 is 0 Å². The van der Waals surface area contributed by atoms with E-state index in [1.165, 1.54) is 39.0 Å². The van der Waals surface area contributed by atoms with Crippen LogP contribution in [0.5, 0.6) is 0 Å². The summed E-state index contributed by atoms with van der Waals surface area (Å²) in [6.45, 7) is 21.5. The first-order valence-corrected chi connectivity index (χ1v) is 7.99. The zero-order valence-electron chi connectivity index (χ0n) is 15.1. The lowest BCUT2D eigenvalue weighted by Crippen LogP contribution is -2.32. The third-order valence-corrected chi connectivity index (χ3v) is 1.85. The van der Waals surface area contributed by atoms with Crippen LogP contribution in [-0.4, -0.2) is 50.1 Å². The zero-order chi connectivity index (χ0) is 15.4. The molecular formula is C16H42N2. The molecule has 0 fully saturated rings. The Morgan fingerprint density at radius 2 is 1.06 bits per heavy atom. The molecule has 0 spiro atoms. The minimum Gasteiger partial charge on any atom is -0.308 e. The Balaban J connectivity index is -0.000000118. The summed E-state index contributed by atoms with van der Waals surface area (Å²) in [4.78, 5) is 4.72. The topological polar surface area (TPSA) is 6.48 Å². The van der Waals surface area contributed by atoms with E-state index in [0.29, 0.717) is 0 Å². The molecule has 0 heterocycles. The quantitative estimate of drug-likeness (QED) is 0.681. The van der Waals surface area contributed by atoms with Gasteiger partial charge in [-0.25, -0.2) is 0 Å². The molecular weight excluding hydrogens is 220 g/mol. The molecule has 0 aliphatic rings. The Bertz CT molecular complexity index is 93.1. The summed E-state index contributed by atoms with van der Waals surface area (Å²) in [5, 5.41) is 0. The molecule has 0 N–H and O–H groups in total. The van der Waals surface area contributed by atoms with Crippen molar-refractivity contribution in [3.05, 3.63) is 0 Å². The van der Waals surface area contributed by atoms with Gasteiger partial charge in [-0.3, -0.25) is 0 Å². The summed E-state index contributed by atoms with van der Waals surface area (Å²) >= 11 is 0. The Hall–Kier alpha value is -0.0800. The molecule has 0 radical (unpaired) electrons. The number of nitrogens with zero attached hydrogens (tertiary/aromatic N) is 2. The van der Waals surface area contributed by atoms with E-state index in [9.17, 15) is 0 Å². The normalized spacial score (nSPS) is 8.67. The molecule has 0 saturated carbocycles. The Morgan fingerprint density at radius 3 is 1.28 bits per heavy atom. The van der Waals surface area contributed by atoms with Crippen molar-refractivity contribution in [1.29, 1.82) is 0 Å². The van der Waals surface area contributed by atoms with Gasteiger partial charge in [-0.2, -0.15) is 0 Å². The van der Waals surface area contributed by atoms with Crippen LogP contribution in [0, 0.1) is 0 Å². The van der Waals surface area contributed by atoms with Crippen LogP contribution in [0.1, 0.15) is 68.2 Å². The van der Waals surface area contributed by atoms with E-state index < -0.39 is 0 Å². The van der Waals surface area contributed by atoms with Gasteiger partial charge in [0, 0.05) is 13.1 Å². The maximum absolute atomic E-state index is 2.49. The SMILES string of the molecule is CC.CC.CCC.CCCN(CC)CCN(C)C. The monoisotopic (exact) mass is 262 g/mol. The summed E-state index contributed by atoms with van der Waals surface area (Å²) < 4.78 is 0. The molecule has 0 aliphatic carbocycles. The summed E-state index contributed by atoms with van der Waals surface area (Å²) in [5.74, 6) is 0. The first kappa shape index (κ1) is 26.5. The van der Waals surface area contributed by atoms with Crippen molar-refractivity contribution in [3.63, 3.8) is 0 Å². The Morgan fingerprint density at radius 1 is 0.667 bits per heavy atom. The van der Waals surface area contributed by atoms with Crippen LogP contribution in [0.2, 0.25) is 0 Å². The van der Waals surface area contributed by atoms with Gasteiger partial charge in [0.15, 0.2) is 0 Å². The highest BCUT2D eigenvalue weighted by molar-refractivity contribution is 4.55. The fraction of sp³-hybridized carbons (Fsp3) is 1.00. The number of hydrogen-bond donors (Lipinski definition) is 0. The minimum absolute atomic E-state index is 1.17. The van der Waals surface area contributed by atoms with E-state index in [1.54, 1.807) is 0 Å². The summed E-state index contributed by atoms with van der Waals surface area (Å²) in [6.07, 6.45) is 2.52. The van der Waals surface area contributed by atoms with Gasteiger partial charge in [-0.15, -0.1) is 0 Å². The smallest absolute Gasteiger partial charge is 0.0109 e. The summed E-state index contributed by atoms with van der Waals surface area (Å²) in [5.41, 5.74) is 0. The van der Waals surface area contributed by atoms with Gasteiger partial charge in [-0.05, 0) is 33.6 Å². The van der Waals surface area contributed by atoms with Gasteiger partial charge < -0.3 is 9.80 Å². The molecule has 0 rings (SSSR count). The third kappa shape index (κ3) is 36.0. The van der Waals surface area contributed by atoms with Gasteiger partial charge in [0.2, 0.25) is 0 Å². The Labute approximate surface area is 119 Å². The van der Waals surface area contributed by atoms with E-state index in [0.717, 1.165) is 0 Å². The predicted octanol–water partition coefficient (Wildman–Crippen LogP) is 4.75. The molecule has 2 heteroatoms. The van der Waals surface area contributed by atoms with Crippen LogP contribution in [0.25, 0.3) is 0 Å². The summed E-state index contributed by atoms with van der Waals surface area (Å²) in [6, 6.07) is 0. The molecule has 0 aromatic rings. The lowest BCUT2D eigenvalue weighted by Gasteiger charge is -2.21. The average molecular weight is 263 g/mol. The number of likely N-dealkylation sites (N-methyl/N-ethyl adjacent to an activating group) is 2. The average Bonchev–Trinajstić information content (AvgIpc) is 2.40. The molecule has 18 heavy (non-hydrogen) atoms. The number of rotatable bonds is 6. The van der Waals surface area contributed by atoms with Crippen LogP contribution in [0.3, 0.4) is 0 Å². The first-order valence-electron chi connectivity index (χ1n) is 7.99. The molecule has 116 valence electrons. The highest BCUT2D eigenvalue weighted by atomic mass is 15.2. The largest absolute Gasteiger partial charge is 0.308 e. The lowest BCUT2D eigenvalue weighted by atomic mass is 10.4. The van der Waals surface area contributed by atoms with Gasteiger partial charge >= 0.3 is 0 Å². The Kier molecular flexibility index (Phi) is 44.4. The molecule has 0 aromatic heterocycles. The molecule has 0 aliphatic heterocycles. The van der Waals surface area contributed by atoms with Crippen LogP contribution < -0.4 is 0 Å². The van der Waals surface area contributed by atoms with Crippen molar-refractivity contribution in [2.45, 2.75) is 68.2 Å². The maximum atomic E-state index is 2.49. The molecule has 0 bridgehead atoms. The van der Waals surface area contributed by atoms with Crippen LogP contribution in [-0.2, 0) is 0 Å². The van der Waals surface area contributed by atoms with Crippen molar-refractivity contribution in [2.75, 3.05) is 40.3 Å². The maximum Gasteiger partial charge on any atom is 0.0109 e. The second-order valence-corrected chi connectivity index (χ2v) is 3.94. The van der Waals surface area contributed by atoms with Crippen molar-refractivity contribution in [1.82, 2.24) is 9.80 Å². The third-order valence-electron chi connectivity index (χ3n) is 1.85. The van der Waals surface area contributed by atoms with Crippen molar-refractivity contribution < 1.29 is 0 Å². The van der Waals surface area contributed by atoms with Crippen LogP contribution in [0.15, 0.2) is 0 Å². The molecule has 0 atom stereocenters. The predicted molar refractivity (Wildman–Crippen MR) is 89.6 cm³/mol. The van der Waals surface area contributed by atoms with E-state index in [4.69, 9.17) is 0 Å². The van der Waals surface area contributed by atoms with E-state index in [-0.39, 0.29) is 0 Å². The van der Waals surface area contributed by atoms with Crippen LogP contribution in [0.4, 0.5) is 0 Å². The summed E-state index contributed by atoms with van der Waals surface area (Å²) in [7, 11) is 4.25. The molecule has 0 amide bonds. The minimum atomic E-state index is 1.17.